The number of nitrogens with one attached hydrogen (secondary N) is 1. The van der Waals surface area contributed by atoms with Gasteiger partial charge in [-0.2, -0.15) is 0 Å². The first kappa shape index (κ1) is 13.2. The van der Waals surface area contributed by atoms with Crippen molar-refractivity contribution in [1.29, 1.82) is 0 Å². The van der Waals surface area contributed by atoms with E-state index in [4.69, 9.17) is 14.3 Å². The summed E-state index contributed by atoms with van der Waals surface area (Å²) in [7, 11) is 0. The molecule has 0 unspecified atom stereocenters. The van der Waals surface area contributed by atoms with Crippen LogP contribution >= 0.6 is 0 Å². The van der Waals surface area contributed by atoms with Crippen LogP contribution in [0.3, 0.4) is 0 Å². The van der Waals surface area contributed by atoms with Gasteiger partial charge in [-0.15, -0.1) is 0 Å². The zero-order valence-corrected chi connectivity index (χ0v) is 9.87. The summed E-state index contributed by atoms with van der Waals surface area (Å²) in [6, 6.07) is 3.69. The van der Waals surface area contributed by atoms with E-state index in [0.29, 0.717) is 12.3 Å². The molecule has 0 saturated heterocycles. The highest BCUT2D eigenvalue weighted by Crippen LogP contribution is 2.06. The van der Waals surface area contributed by atoms with Crippen LogP contribution in [0.15, 0.2) is 16.5 Å². The summed E-state index contributed by atoms with van der Waals surface area (Å²) in [6.45, 7) is 5.29. The number of unbranched alkanes of at least 4 members (excludes halogenated alkanes) is 1. The van der Waals surface area contributed by atoms with Gasteiger partial charge in [0.05, 0.1) is 6.54 Å². The SMILES string of the molecule is CCOCCCCNCc1ccc(CO)o1. The Labute approximate surface area is 96.6 Å². The molecule has 0 aromatic carbocycles. The number of furan rings is 1. The summed E-state index contributed by atoms with van der Waals surface area (Å²) < 4.78 is 10.6. The van der Waals surface area contributed by atoms with Crippen molar-refractivity contribution in [1.82, 2.24) is 5.32 Å². The lowest BCUT2D eigenvalue weighted by molar-refractivity contribution is 0.143. The molecule has 0 bridgehead atoms. The fraction of sp³-hybridized carbons (Fsp3) is 0.667. The van der Waals surface area contributed by atoms with Gasteiger partial charge in [0.25, 0.3) is 0 Å². The third-order valence-corrected chi connectivity index (χ3v) is 2.27. The number of hydrogen-bond donors (Lipinski definition) is 2. The number of ether oxygens (including phenoxy) is 1. The van der Waals surface area contributed by atoms with Crippen LogP contribution in [-0.4, -0.2) is 24.9 Å². The molecule has 4 nitrogen and oxygen atoms in total. The Morgan fingerprint density at radius 3 is 2.81 bits per heavy atom. The summed E-state index contributed by atoms with van der Waals surface area (Å²) >= 11 is 0. The summed E-state index contributed by atoms with van der Waals surface area (Å²) in [4.78, 5) is 0. The van der Waals surface area contributed by atoms with E-state index in [-0.39, 0.29) is 6.61 Å². The minimum absolute atomic E-state index is 0.0334. The predicted octanol–water partition coefficient (Wildman–Crippen LogP) is 1.68. The minimum atomic E-state index is -0.0334. The largest absolute Gasteiger partial charge is 0.462 e. The maximum Gasteiger partial charge on any atom is 0.129 e. The first-order chi connectivity index (χ1) is 7.86. The zero-order chi connectivity index (χ0) is 11.6. The Hall–Kier alpha value is -0.840. The molecule has 0 atom stereocenters. The van der Waals surface area contributed by atoms with Gasteiger partial charge in [-0.25, -0.2) is 0 Å². The van der Waals surface area contributed by atoms with E-state index in [1.54, 1.807) is 6.07 Å². The molecule has 1 aromatic heterocycles. The molecule has 1 aromatic rings. The average molecular weight is 227 g/mol. The van der Waals surface area contributed by atoms with Crippen molar-refractivity contribution in [3.63, 3.8) is 0 Å². The highest BCUT2D eigenvalue weighted by molar-refractivity contribution is 5.05. The second-order valence-electron chi connectivity index (χ2n) is 3.61. The summed E-state index contributed by atoms with van der Waals surface area (Å²) in [5.74, 6) is 1.49. The summed E-state index contributed by atoms with van der Waals surface area (Å²) in [5.41, 5.74) is 0. The third-order valence-electron chi connectivity index (χ3n) is 2.27. The lowest BCUT2D eigenvalue weighted by Gasteiger charge is -2.03. The number of aliphatic hydroxyl groups excluding tert-OH is 1. The van der Waals surface area contributed by atoms with Crippen LogP contribution in [0.5, 0.6) is 0 Å². The average Bonchev–Trinajstić information content (AvgIpc) is 2.76. The molecule has 0 radical (unpaired) electrons. The fourth-order valence-corrected chi connectivity index (χ4v) is 1.41. The van der Waals surface area contributed by atoms with E-state index in [2.05, 4.69) is 5.32 Å². The highest BCUT2D eigenvalue weighted by atomic mass is 16.5. The van der Waals surface area contributed by atoms with Crippen LogP contribution < -0.4 is 5.32 Å². The second-order valence-corrected chi connectivity index (χ2v) is 3.61. The van der Waals surface area contributed by atoms with E-state index in [1.807, 2.05) is 13.0 Å². The highest BCUT2D eigenvalue weighted by Gasteiger charge is 1.99. The van der Waals surface area contributed by atoms with Crippen molar-refractivity contribution in [2.45, 2.75) is 32.9 Å². The standard InChI is InChI=1S/C12H21NO3/c1-2-15-8-4-3-7-13-9-11-5-6-12(10-14)16-11/h5-6,13-14H,2-4,7-10H2,1H3. The Morgan fingerprint density at radius 2 is 2.12 bits per heavy atom. The van der Waals surface area contributed by atoms with Crippen molar-refractivity contribution in [2.75, 3.05) is 19.8 Å². The molecule has 0 spiro atoms. The lowest BCUT2D eigenvalue weighted by Crippen LogP contribution is -2.14. The molecule has 0 fully saturated rings. The molecule has 1 rings (SSSR count). The third kappa shape index (κ3) is 5.30. The van der Waals surface area contributed by atoms with Gasteiger partial charge in [0.1, 0.15) is 18.1 Å². The van der Waals surface area contributed by atoms with Gasteiger partial charge in [-0.05, 0) is 38.4 Å². The summed E-state index contributed by atoms with van der Waals surface area (Å²) in [5, 5.41) is 12.1. The molecule has 4 heteroatoms. The summed E-state index contributed by atoms with van der Waals surface area (Å²) in [6.07, 6.45) is 2.19. The number of rotatable bonds is 9. The van der Waals surface area contributed by atoms with Gasteiger partial charge in [0, 0.05) is 13.2 Å². The van der Waals surface area contributed by atoms with Crippen LogP contribution in [-0.2, 0) is 17.9 Å². The fourth-order valence-electron chi connectivity index (χ4n) is 1.41. The van der Waals surface area contributed by atoms with E-state index in [1.165, 1.54) is 0 Å². The Bertz CT molecular complexity index is 273. The maximum absolute atomic E-state index is 8.81. The van der Waals surface area contributed by atoms with E-state index in [9.17, 15) is 0 Å². The second kappa shape index (κ2) is 8.33. The van der Waals surface area contributed by atoms with Crippen LogP contribution in [0.2, 0.25) is 0 Å². The molecular formula is C12H21NO3. The van der Waals surface area contributed by atoms with Crippen molar-refractivity contribution in [2.24, 2.45) is 0 Å². The molecule has 0 saturated carbocycles. The predicted molar refractivity (Wildman–Crippen MR) is 62.1 cm³/mol. The topological polar surface area (TPSA) is 54.6 Å². The van der Waals surface area contributed by atoms with Gasteiger partial charge < -0.3 is 19.6 Å². The molecule has 2 N–H and O–H groups in total. The zero-order valence-electron chi connectivity index (χ0n) is 9.87. The van der Waals surface area contributed by atoms with E-state index >= 15 is 0 Å². The van der Waals surface area contributed by atoms with Crippen LogP contribution in [0.25, 0.3) is 0 Å². The van der Waals surface area contributed by atoms with Crippen molar-refractivity contribution in [3.05, 3.63) is 23.7 Å². The molecule has 1 heterocycles. The molecule has 0 aliphatic heterocycles. The van der Waals surface area contributed by atoms with Crippen molar-refractivity contribution < 1.29 is 14.3 Å². The normalized spacial score (nSPS) is 10.9. The Kier molecular flexibility index (Phi) is 6.88. The molecule has 0 aliphatic rings. The van der Waals surface area contributed by atoms with Gasteiger partial charge >= 0.3 is 0 Å². The number of hydrogen-bond acceptors (Lipinski definition) is 4. The lowest BCUT2D eigenvalue weighted by atomic mass is 10.3. The van der Waals surface area contributed by atoms with Crippen molar-refractivity contribution in [3.8, 4) is 0 Å². The molecule has 92 valence electrons. The minimum Gasteiger partial charge on any atom is -0.462 e. The van der Waals surface area contributed by atoms with Crippen LogP contribution in [0, 0.1) is 0 Å². The quantitative estimate of drug-likeness (QED) is 0.630. The molecular weight excluding hydrogens is 206 g/mol. The maximum atomic E-state index is 8.81. The van der Waals surface area contributed by atoms with Crippen LogP contribution in [0.1, 0.15) is 31.3 Å². The van der Waals surface area contributed by atoms with Gasteiger partial charge in [0.15, 0.2) is 0 Å². The van der Waals surface area contributed by atoms with E-state index in [0.717, 1.165) is 38.4 Å². The van der Waals surface area contributed by atoms with Gasteiger partial charge in [-0.3, -0.25) is 0 Å². The monoisotopic (exact) mass is 227 g/mol. The first-order valence-corrected chi connectivity index (χ1v) is 5.83. The number of aliphatic hydroxyl groups is 1. The van der Waals surface area contributed by atoms with Gasteiger partial charge in [0.2, 0.25) is 0 Å². The van der Waals surface area contributed by atoms with Crippen molar-refractivity contribution >= 4 is 0 Å². The molecule has 16 heavy (non-hydrogen) atoms. The van der Waals surface area contributed by atoms with Crippen LogP contribution in [0.4, 0.5) is 0 Å². The van der Waals surface area contributed by atoms with Gasteiger partial charge in [-0.1, -0.05) is 0 Å². The molecule has 0 amide bonds. The first-order valence-electron chi connectivity index (χ1n) is 5.83. The Morgan fingerprint density at radius 1 is 1.31 bits per heavy atom. The Balaban J connectivity index is 1.98. The smallest absolute Gasteiger partial charge is 0.129 e. The molecule has 0 aliphatic carbocycles. The van der Waals surface area contributed by atoms with E-state index < -0.39 is 0 Å².